The van der Waals surface area contributed by atoms with Crippen molar-refractivity contribution in [2.45, 2.75) is 25.6 Å². The molecule has 3 aromatic carbocycles. The van der Waals surface area contributed by atoms with Crippen LogP contribution in [0.4, 0.5) is 5.69 Å². The van der Waals surface area contributed by atoms with Crippen LogP contribution in [0.15, 0.2) is 77.9 Å². The van der Waals surface area contributed by atoms with Crippen LogP contribution in [0.2, 0.25) is 0 Å². The number of benzene rings is 3. The summed E-state index contributed by atoms with van der Waals surface area (Å²) in [5.41, 5.74) is 5.61. The van der Waals surface area contributed by atoms with Crippen LogP contribution in [0.25, 0.3) is 0 Å². The summed E-state index contributed by atoms with van der Waals surface area (Å²) in [6.07, 6.45) is 0.565. The lowest BCUT2D eigenvalue weighted by atomic mass is 9.95. The number of fused-ring (bicyclic) bond motifs is 3. The number of ether oxygens (including phenoxy) is 2. The Kier molecular flexibility index (Phi) is 5.02. The molecule has 5 nitrogen and oxygen atoms in total. The smallest absolute Gasteiger partial charge is 0.213 e. The Morgan fingerprint density at radius 1 is 1.03 bits per heavy atom. The van der Waals surface area contributed by atoms with Gasteiger partial charge in [0.2, 0.25) is 6.23 Å². The van der Waals surface area contributed by atoms with Crippen LogP contribution in [-0.2, 0) is 0 Å². The maximum Gasteiger partial charge on any atom is 0.213 e. The number of hydrazone groups is 1. The van der Waals surface area contributed by atoms with Gasteiger partial charge in [-0.3, -0.25) is 0 Å². The standard InChI is InChI=1S/C26H27N3O2/c1-4-30-21-14-15-25-22(16-21)24-17-23(18-8-6-5-7-9-18)27-29(24)26(31-25)19-10-12-20(13-11-19)28(2)3/h5-16,24,26H,4,17H2,1-3H3. The minimum absolute atomic E-state index is 0.109. The zero-order chi connectivity index (χ0) is 21.4. The van der Waals surface area contributed by atoms with Crippen LogP contribution in [0.1, 0.15) is 42.3 Å². The molecule has 0 N–H and O–H groups in total. The van der Waals surface area contributed by atoms with Gasteiger partial charge in [0, 0.05) is 37.3 Å². The highest BCUT2D eigenvalue weighted by Crippen LogP contribution is 2.48. The molecule has 0 amide bonds. The number of hydrogen-bond acceptors (Lipinski definition) is 5. The summed E-state index contributed by atoms with van der Waals surface area (Å²) in [7, 11) is 4.09. The fraction of sp³-hybridized carbons (Fsp3) is 0.269. The molecule has 0 aliphatic carbocycles. The van der Waals surface area contributed by atoms with Crippen molar-refractivity contribution < 1.29 is 9.47 Å². The molecule has 0 bridgehead atoms. The molecule has 2 atom stereocenters. The second kappa shape index (κ2) is 7.99. The van der Waals surface area contributed by atoms with E-state index in [1.54, 1.807) is 0 Å². The van der Waals surface area contributed by atoms with Gasteiger partial charge in [-0.1, -0.05) is 42.5 Å². The Labute approximate surface area is 183 Å². The molecule has 0 fully saturated rings. The van der Waals surface area contributed by atoms with Crippen LogP contribution in [0, 0.1) is 0 Å². The summed E-state index contributed by atoms with van der Waals surface area (Å²) in [6.45, 7) is 2.64. The van der Waals surface area contributed by atoms with E-state index in [4.69, 9.17) is 14.6 Å². The van der Waals surface area contributed by atoms with E-state index in [0.717, 1.165) is 46.0 Å². The largest absolute Gasteiger partial charge is 0.494 e. The first kappa shape index (κ1) is 19.5. The van der Waals surface area contributed by atoms with Crippen LogP contribution in [-0.4, -0.2) is 31.4 Å². The van der Waals surface area contributed by atoms with Crippen molar-refractivity contribution in [1.82, 2.24) is 5.01 Å². The number of anilines is 1. The highest BCUT2D eigenvalue weighted by Gasteiger charge is 2.41. The summed E-state index contributed by atoms with van der Waals surface area (Å²) in [5.74, 6) is 1.77. The molecule has 0 saturated heterocycles. The second-order valence-corrected chi connectivity index (χ2v) is 8.10. The average Bonchev–Trinajstić information content (AvgIpc) is 3.25. The van der Waals surface area contributed by atoms with Gasteiger partial charge in [0.1, 0.15) is 11.5 Å². The van der Waals surface area contributed by atoms with Crippen molar-refractivity contribution in [2.24, 2.45) is 5.10 Å². The number of hydrogen-bond donors (Lipinski definition) is 0. The molecular weight excluding hydrogens is 386 g/mol. The van der Waals surface area contributed by atoms with Crippen molar-refractivity contribution in [1.29, 1.82) is 0 Å². The van der Waals surface area contributed by atoms with Crippen LogP contribution in [0.5, 0.6) is 11.5 Å². The van der Waals surface area contributed by atoms with E-state index in [9.17, 15) is 0 Å². The molecule has 158 valence electrons. The zero-order valence-electron chi connectivity index (χ0n) is 18.2. The molecule has 0 aromatic heterocycles. The van der Waals surface area contributed by atoms with E-state index < -0.39 is 0 Å². The third kappa shape index (κ3) is 3.61. The molecule has 0 saturated carbocycles. The minimum Gasteiger partial charge on any atom is -0.494 e. The fourth-order valence-corrected chi connectivity index (χ4v) is 4.28. The average molecular weight is 414 g/mol. The molecule has 2 unspecified atom stereocenters. The Bertz CT molecular complexity index is 1090. The second-order valence-electron chi connectivity index (χ2n) is 8.10. The van der Waals surface area contributed by atoms with E-state index in [1.165, 1.54) is 0 Å². The summed E-state index contributed by atoms with van der Waals surface area (Å²) >= 11 is 0. The zero-order valence-corrected chi connectivity index (χ0v) is 18.2. The Morgan fingerprint density at radius 2 is 1.81 bits per heavy atom. The normalized spacial score (nSPS) is 19.2. The van der Waals surface area contributed by atoms with E-state index in [0.29, 0.717) is 6.61 Å². The predicted molar refractivity (Wildman–Crippen MR) is 124 cm³/mol. The van der Waals surface area contributed by atoms with Gasteiger partial charge in [-0.15, -0.1) is 0 Å². The van der Waals surface area contributed by atoms with E-state index in [1.807, 2.05) is 39.2 Å². The van der Waals surface area contributed by atoms with Crippen LogP contribution in [0.3, 0.4) is 0 Å². The number of rotatable bonds is 5. The van der Waals surface area contributed by atoms with Gasteiger partial charge >= 0.3 is 0 Å². The first-order valence-electron chi connectivity index (χ1n) is 10.8. The Morgan fingerprint density at radius 3 is 2.52 bits per heavy atom. The van der Waals surface area contributed by atoms with E-state index in [-0.39, 0.29) is 12.3 Å². The molecule has 5 heteroatoms. The van der Waals surface area contributed by atoms with Crippen molar-refractivity contribution >= 4 is 11.4 Å². The minimum atomic E-state index is -0.270. The molecular formula is C26H27N3O2. The van der Waals surface area contributed by atoms with Gasteiger partial charge in [0.15, 0.2) is 0 Å². The summed E-state index contributed by atoms with van der Waals surface area (Å²) in [6, 6.07) is 25.1. The van der Waals surface area contributed by atoms with Gasteiger partial charge < -0.3 is 14.4 Å². The molecule has 2 aliphatic heterocycles. The monoisotopic (exact) mass is 413 g/mol. The SMILES string of the molecule is CCOc1ccc2c(c1)C1CC(c3ccccc3)=NN1C(c1ccc(N(C)C)cc1)O2. The third-order valence-electron chi connectivity index (χ3n) is 5.87. The topological polar surface area (TPSA) is 37.3 Å². The first-order chi connectivity index (χ1) is 15.1. The molecule has 0 radical (unpaired) electrons. The summed E-state index contributed by atoms with van der Waals surface area (Å²) in [5, 5.41) is 7.16. The van der Waals surface area contributed by atoms with Crippen molar-refractivity contribution in [3.05, 3.63) is 89.5 Å². The molecule has 5 rings (SSSR count). The Hall–Kier alpha value is -3.47. The van der Waals surface area contributed by atoms with Gasteiger partial charge in [-0.2, -0.15) is 5.10 Å². The van der Waals surface area contributed by atoms with Gasteiger partial charge in [-0.25, -0.2) is 5.01 Å². The summed E-state index contributed by atoms with van der Waals surface area (Å²) < 4.78 is 12.3. The molecule has 31 heavy (non-hydrogen) atoms. The molecule has 2 heterocycles. The molecule has 0 spiro atoms. The lowest BCUT2D eigenvalue weighted by Gasteiger charge is -2.38. The van der Waals surface area contributed by atoms with Gasteiger partial charge in [-0.05, 0) is 42.8 Å². The van der Waals surface area contributed by atoms with Crippen LogP contribution >= 0.6 is 0 Å². The highest BCUT2D eigenvalue weighted by molar-refractivity contribution is 6.01. The van der Waals surface area contributed by atoms with Crippen molar-refractivity contribution in [3.63, 3.8) is 0 Å². The van der Waals surface area contributed by atoms with E-state index in [2.05, 4.69) is 64.5 Å². The quantitative estimate of drug-likeness (QED) is 0.562. The fourth-order valence-electron chi connectivity index (χ4n) is 4.28. The summed E-state index contributed by atoms with van der Waals surface area (Å²) in [4.78, 5) is 2.10. The molecule has 3 aromatic rings. The maximum absolute atomic E-state index is 6.50. The predicted octanol–water partition coefficient (Wildman–Crippen LogP) is 5.39. The van der Waals surface area contributed by atoms with Gasteiger partial charge in [0.25, 0.3) is 0 Å². The molecule has 2 aliphatic rings. The maximum atomic E-state index is 6.50. The first-order valence-corrected chi connectivity index (χ1v) is 10.8. The van der Waals surface area contributed by atoms with Crippen molar-refractivity contribution in [3.8, 4) is 11.5 Å². The lowest BCUT2D eigenvalue weighted by molar-refractivity contribution is -0.0191. The Balaban J connectivity index is 1.56. The lowest BCUT2D eigenvalue weighted by Crippen LogP contribution is -2.33. The third-order valence-corrected chi connectivity index (χ3v) is 5.87. The van der Waals surface area contributed by atoms with Crippen LogP contribution < -0.4 is 14.4 Å². The van der Waals surface area contributed by atoms with E-state index >= 15 is 0 Å². The van der Waals surface area contributed by atoms with Gasteiger partial charge in [0.05, 0.1) is 18.4 Å². The van der Waals surface area contributed by atoms with Crippen molar-refractivity contribution in [2.75, 3.05) is 25.6 Å². The highest BCUT2D eigenvalue weighted by atomic mass is 16.5. The number of nitrogens with zero attached hydrogens (tertiary/aromatic N) is 3.